The number of aliphatic hydroxyl groups is 1. The lowest BCUT2D eigenvalue weighted by molar-refractivity contribution is -0.147. The van der Waals surface area contributed by atoms with E-state index in [1.165, 1.54) is 6.92 Å². The van der Waals surface area contributed by atoms with E-state index >= 15 is 0 Å². The Morgan fingerprint density at radius 1 is 1.46 bits per heavy atom. The third-order valence-electron chi connectivity index (χ3n) is 2.99. The van der Waals surface area contributed by atoms with Crippen LogP contribution >= 0.6 is 0 Å². The molecule has 3 nitrogen and oxygen atoms in total. The van der Waals surface area contributed by atoms with E-state index in [4.69, 9.17) is 4.74 Å². The maximum Gasteiger partial charge on any atom is 0.302 e. The van der Waals surface area contributed by atoms with Crippen molar-refractivity contribution in [3.8, 4) is 0 Å². The Labute approximate surface area is 77.4 Å². The van der Waals surface area contributed by atoms with Crippen LogP contribution in [-0.4, -0.2) is 23.3 Å². The molecule has 1 N–H and O–H groups in total. The lowest BCUT2D eigenvalue weighted by atomic mass is 9.97. The minimum absolute atomic E-state index is 0.00380. The molecule has 0 aliphatic heterocycles. The number of carbonyl (C=O) groups is 1. The van der Waals surface area contributed by atoms with Crippen LogP contribution in [0, 0.1) is 11.8 Å². The summed E-state index contributed by atoms with van der Waals surface area (Å²) < 4.78 is 5.17. The number of aliphatic hydroxyl groups excluding tert-OH is 1. The summed E-state index contributed by atoms with van der Waals surface area (Å²) in [5, 5.41) is 9.52. The van der Waals surface area contributed by atoms with Gasteiger partial charge in [-0.2, -0.15) is 0 Å². The number of ether oxygens (including phenoxy) is 1. The highest BCUT2D eigenvalue weighted by Crippen LogP contribution is 2.41. The van der Waals surface area contributed by atoms with Crippen molar-refractivity contribution in [3.63, 3.8) is 0 Å². The first-order valence-corrected chi connectivity index (χ1v) is 4.72. The number of hydrogen-bond donors (Lipinski definition) is 1. The molecule has 72 valence electrons. The van der Waals surface area contributed by atoms with Crippen molar-refractivity contribution in [3.05, 3.63) is 12.2 Å². The molecule has 0 saturated heterocycles. The summed E-state index contributed by atoms with van der Waals surface area (Å²) in [6, 6.07) is 0. The molecule has 13 heavy (non-hydrogen) atoms. The Kier molecular flexibility index (Phi) is 2.12. The predicted octanol–water partition coefficient (Wildman–Crippen LogP) is 0.875. The van der Waals surface area contributed by atoms with Gasteiger partial charge in [0, 0.05) is 12.8 Å². The van der Waals surface area contributed by atoms with Gasteiger partial charge < -0.3 is 9.84 Å². The molecule has 1 saturated carbocycles. The van der Waals surface area contributed by atoms with E-state index in [-0.39, 0.29) is 30.0 Å². The molecule has 0 radical (unpaired) electrons. The summed E-state index contributed by atoms with van der Waals surface area (Å²) in [5.41, 5.74) is 0. The van der Waals surface area contributed by atoms with Crippen molar-refractivity contribution in [1.29, 1.82) is 0 Å². The lowest BCUT2D eigenvalue weighted by Crippen LogP contribution is -2.23. The van der Waals surface area contributed by atoms with Gasteiger partial charge in [-0.25, -0.2) is 0 Å². The van der Waals surface area contributed by atoms with E-state index in [9.17, 15) is 9.90 Å². The lowest BCUT2D eigenvalue weighted by Gasteiger charge is -2.18. The number of fused-ring (bicyclic) bond motifs is 1. The first kappa shape index (κ1) is 8.75. The highest BCUT2D eigenvalue weighted by molar-refractivity contribution is 5.66. The van der Waals surface area contributed by atoms with Gasteiger partial charge in [-0.15, -0.1) is 0 Å². The van der Waals surface area contributed by atoms with Crippen molar-refractivity contribution < 1.29 is 14.6 Å². The minimum atomic E-state index is -0.328. The Morgan fingerprint density at radius 2 is 2.23 bits per heavy atom. The number of rotatable bonds is 1. The van der Waals surface area contributed by atoms with Gasteiger partial charge in [0.1, 0.15) is 6.10 Å². The van der Waals surface area contributed by atoms with Crippen LogP contribution in [0.2, 0.25) is 0 Å². The normalized spacial score (nSPS) is 42.0. The molecule has 0 heterocycles. The molecule has 0 aromatic heterocycles. The molecular weight excluding hydrogens is 168 g/mol. The van der Waals surface area contributed by atoms with Crippen molar-refractivity contribution in [1.82, 2.24) is 0 Å². The number of carbonyl (C=O) groups excluding carboxylic acids is 1. The monoisotopic (exact) mass is 182 g/mol. The average Bonchev–Trinajstić information content (AvgIpc) is 2.56. The molecule has 2 aliphatic rings. The smallest absolute Gasteiger partial charge is 0.302 e. The standard InChI is InChI=1S/C10H14O3/c1-6(11)13-10-5-3-7-8(10)2-4-9(7)12/h2,4,7-10,12H,3,5H2,1H3/t7-,8-,9-,10+/m0/s1. The molecule has 1 fully saturated rings. The molecule has 0 spiro atoms. The van der Waals surface area contributed by atoms with Crippen molar-refractivity contribution in [2.75, 3.05) is 0 Å². The van der Waals surface area contributed by atoms with Gasteiger partial charge in [0.15, 0.2) is 0 Å². The van der Waals surface area contributed by atoms with Gasteiger partial charge in [-0.05, 0) is 18.8 Å². The van der Waals surface area contributed by atoms with E-state index < -0.39 is 0 Å². The molecule has 2 aliphatic carbocycles. The van der Waals surface area contributed by atoms with Crippen LogP contribution in [0.25, 0.3) is 0 Å². The SMILES string of the molecule is CC(=O)O[C@@H]1CC[C@H]2[C@@H]1C=C[C@@H]2O. The van der Waals surface area contributed by atoms with Crippen LogP contribution < -0.4 is 0 Å². The highest BCUT2D eigenvalue weighted by Gasteiger charge is 2.42. The molecule has 4 atom stereocenters. The molecule has 3 heteroatoms. The van der Waals surface area contributed by atoms with Gasteiger partial charge in [0.25, 0.3) is 0 Å². The molecule has 0 amide bonds. The first-order chi connectivity index (χ1) is 6.18. The minimum Gasteiger partial charge on any atom is -0.462 e. The third kappa shape index (κ3) is 1.48. The first-order valence-electron chi connectivity index (χ1n) is 4.72. The summed E-state index contributed by atoms with van der Waals surface area (Å²) in [4.78, 5) is 10.8. The van der Waals surface area contributed by atoms with Crippen LogP contribution in [0.3, 0.4) is 0 Å². The maximum absolute atomic E-state index is 10.8. The molecule has 2 rings (SSSR count). The van der Waals surface area contributed by atoms with Crippen LogP contribution in [0.5, 0.6) is 0 Å². The zero-order chi connectivity index (χ0) is 9.42. The fourth-order valence-electron chi connectivity index (χ4n) is 2.42. The maximum atomic E-state index is 10.8. The summed E-state index contributed by atoms with van der Waals surface area (Å²) in [5.74, 6) is 0.309. The Balaban J connectivity index is 2.02. The van der Waals surface area contributed by atoms with Crippen molar-refractivity contribution >= 4 is 5.97 Å². The summed E-state index contributed by atoms with van der Waals surface area (Å²) >= 11 is 0. The van der Waals surface area contributed by atoms with E-state index in [0.29, 0.717) is 0 Å². The summed E-state index contributed by atoms with van der Waals surface area (Å²) in [6.07, 6.45) is 5.30. The van der Waals surface area contributed by atoms with E-state index in [1.807, 2.05) is 12.2 Å². The molecular formula is C10H14O3. The second kappa shape index (κ2) is 3.14. The van der Waals surface area contributed by atoms with Gasteiger partial charge in [-0.3, -0.25) is 4.79 Å². The second-order valence-corrected chi connectivity index (χ2v) is 3.84. The van der Waals surface area contributed by atoms with Crippen LogP contribution in [0.4, 0.5) is 0 Å². The van der Waals surface area contributed by atoms with Gasteiger partial charge in [-0.1, -0.05) is 12.2 Å². The van der Waals surface area contributed by atoms with E-state index in [0.717, 1.165) is 12.8 Å². The van der Waals surface area contributed by atoms with Gasteiger partial charge >= 0.3 is 5.97 Å². The van der Waals surface area contributed by atoms with Crippen LogP contribution in [0.1, 0.15) is 19.8 Å². The number of hydrogen-bond acceptors (Lipinski definition) is 3. The van der Waals surface area contributed by atoms with Gasteiger partial charge in [0.05, 0.1) is 6.10 Å². The fourth-order valence-corrected chi connectivity index (χ4v) is 2.42. The second-order valence-electron chi connectivity index (χ2n) is 3.84. The highest BCUT2D eigenvalue weighted by atomic mass is 16.5. The zero-order valence-electron chi connectivity index (χ0n) is 7.64. The molecule has 0 aromatic carbocycles. The van der Waals surface area contributed by atoms with Crippen molar-refractivity contribution in [2.24, 2.45) is 11.8 Å². The largest absolute Gasteiger partial charge is 0.462 e. The van der Waals surface area contributed by atoms with E-state index in [1.54, 1.807) is 0 Å². The fraction of sp³-hybridized carbons (Fsp3) is 0.700. The predicted molar refractivity (Wildman–Crippen MR) is 46.9 cm³/mol. The van der Waals surface area contributed by atoms with Crippen molar-refractivity contribution in [2.45, 2.75) is 32.0 Å². The summed E-state index contributed by atoms with van der Waals surface area (Å²) in [7, 11) is 0. The molecule has 0 unspecified atom stereocenters. The third-order valence-corrected chi connectivity index (χ3v) is 2.99. The average molecular weight is 182 g/mol. The number of esters is 1. The topological polar surface area (TPSA) is 46.5 Å². The quantitative estimate of drug-likeness (QED) is 0.483. The Bertz CT molecular complexity index is 247. The Hall–Kier alpha value is -0.830. The zero-order valence-corrected chi connectivity index (χ0v) is 7.64. The van der Waals surface area contributed by atoms with E-state index in [2.05, 4.69) is 0 Å². The molecule has 0 bridgehead atoms. The van der Waals surface area contributed by atoms with Crippen LogP contribution in [-0.2, 0) is 9.53 Å². The van der Waals surface area contributed by atoms with Crippen LogP contribution in [0.15, 0.2) is 12.2 Å². The van der Waals surface area contributed by atoms with Gasteiger partial charge in [0.2, 0.25) is 0 Å². The molecule has 0 aromatic rings. The Morgan fingerprint density at radius 3 is 2.92 bits per heavy atom. The summed E-state index contributed by atoms with van der Waals surface area (Å²) in [6.45, 7) is 1.43.